The predicted molar refractivity (Wildman–Crippen MR) is 62.5 cm³/mol. The highest BCUT2D eigenvalue weighted by Gasteiger charge is 2.03. The maximum absolute atomic E-state index is 9.60. The number of nitrogens with one attached hydrogen (secondary N) is 1. The first-order chi connectivity index (χ1) is 6.66. The summed E-state index contributed by atoms with van der Waals surface area (Å²) in [5.74, 6) is 0.669. The molecule has 2 nitrogen and oxygen atoms in total. The second kappa shape index (κ2) is 9.47. The molecule has 0 fully saturated rings. The van der Waals surface area contributed by atoms with Crippen LogP contribution in [0.1, 0.15) is 52.9 Å². The van der Waals surface area contributed by atoms with Gasteiger partial charge in [-0.25, -0.2) is 0 Å². The molecule has 0 bridgehead atoms. The fourth-order valence-electron chi connectivity index (χ4n) is 1.45. The van der Waals surface area contributed by atoms with E-state index in [0.29, 0.717) is 5.92 Å². The van der Waals surface area contributed by atoms with Crippen LogP contribution in [0.15, 0.2) is 0 Å². The molecular weight excluding hydrogens is 174 g/mol. The third kappa shape index (κ3) is 10.0. The Balaban J connectivity index is 3.15. The Hall–Kier alpha value is -0.0800. The van der Waals surface area contributed by atoms with Crippen LogP contribution in [0.25, 0.3) is 0 Å². The van der Waals surface area contributed by atoms with Crippen LogP contribution < -0.4 is 5.32 Å². The lowest BCUT2D eigenvalue weighted by atomic mass is 10.1. The molecule has 0 heterocycles. The molecule has 14 heavy (non-hydrogen) atoms. The van der Waals surface area contributed by atoms with Gasteiger partial charge in [-0.1, -0.05) is 46.5 Å². The molecule has 0 aliphatic heterocycles. The van der Waals surface area contributed by atoms with E-state index < -0.39 is 0 Å². The van der Waals surface area contributed by atoms with Crippen LogP contribution in [0.5, 0.6) is 0 Å². The Morgan fingerprint density at radius 2 is 1.79 bits per heavy atom. The number of aliphatic hydroxyl groups is 1. The van der Waals surface area contributed by atoms with Gasteiger partial charge in [-0.3, -0.25) is 0 Å². The van der Waals surface area contributed by atoms with Gasteiger partial charge in [0.1, 0.15) is 0 Å². The molecule has 2 heteroatoms. The minimum atomic E-state index is -0.148. The number of aliphatic hydroxyl groups excluding tert-OH is 1. The molecule has 0 saturated carbocycles. The molecule has 0 amide bonds. The van der Waals surface area contributed by atoms with Gasteiger partial charge in [-0.15, -0.1) is 0 Å². The van der Waals surface area contributed by atoms with E-state index in [9.17, 15) is 5.11 Å². The van der Waals surface area contributed by atoms with Crippen molar-refractivity contribution < 1.29 is 5.11 Å². The lowest BCUT2D eigenvalue weighted by Crippen LogP contribution is -2.29. The lowest BCUT2D eigenvalue weighted by Gasteiger charge is -2.12. The Labute approximate surface area is 89.1 Å². The zero-order valence-corrected chi connectivity index (χ0v) is 10.1. The Kier molecular flexibility index (Phi) is 9.42. The number of unbranched alkanes of at least 4 members (excludes halogenated alkanes) is 3. The van der Waals surface area contributed by atoms with Crippen LogP contribution >= 0.6 is 0 Å². The standard InChI is InChI=1S/C12H27NO/c1-4-5-6-7-8-12(14)10-13-9-11(2)3/h11-14H,4-10H2,1-3H3. The molecule has 0 aromatic carbocycles. The maximum atomic E-state index is 9.60. The quantitative estimate of drug-likeness (QED) is 0.562. The van der Waals surface area contributed by atoms with Crippen molar-refractivity contribution in [1.82, 2.24) is 5.32 Å². The van der Waals surface area contributed by atoms with Gasteiger partial charge >= 0.3 is 0 Å². The van der Waals surface area contributed by atoms with E-state index in [2.05, 4.69) is 26.1 Å². The Morgan fingerprint density at radius 1 is 1.07 bits per heavy atom. The number of hydrogen-bond acceptors (Lipinski definition) is 2. The first-order valence-electron chi connectivity index (χ1n) is 6.05. The predicted octanol–water partition coefficient (Wildman–Crippen LogP) is 2.56. The van der Waals surface area contributed by atoms with Gasteiger partial charge in [0.05, 0.1) is 6.10 Å². The molecular formula is C12H27NO. The van der Waals surface area contributed by atoms with Crippen LogP contribution in [-0.4, -0.2) is 24.3 Å². The van der Waals surface area contributed by atoms with E-state index in [-0.39, 0.29) is 6.10 Å². The second-order valence-electron chi connectivity index (χ2n) is 4.56. The second-order valence-corrected chi connectivity index (χ2v) is 4.56. The molecule has 0 spiro atoms. The summed E-state index contributed by atoms with van der Waals surface area (Å²) in [5, 5.41) is 12.9. The summed E-state index contributed by atoms with van der Waals surface area (Å²) < 4.78 is 0. The van der Waals surface area contributed by atoms with E-state index in [1.165, 1.54) is 25.7 Å². The van der Waals surface area contributed by atoms with Crippen LogP contribution in [0.2, 0.25) is 0 Å². The van der Waals surface area contributed by atoms with Crippen LogP contribution in [0.3, 0.4) is 0 Å². The Morgan fingerprint density at radius 3 is 2.36 bits per heavy atom. The van der Waals surface area contributed by atoms with Gasteiger partial charge < -0.3 is 10.4 Å². The summed E-state index contributed by atoms with van der Waals surface area (Å²) in [7, 11) is 0. The van der Waals surface area contributed by atoms with Crippen molar-refractivity contribution in [2.24, 2.45) is 5.92 Å². The molecule has 2 N–H and O–H groups in total. The van der Waals surface area contributed by atoms with Gasteiger partial charge in [0.2, 0.25) is 0 Å². The molecule has 0 aliphatic carbocycles. The maximum Gasteiger partial charge on any atom is 0.0664 e. The SMILES string of the molecule is CCCCCCC(O)CNCC(C)C. The highest BCUT2D eigenvalue weighted by Crippen LogP contribution is 2.04. The molecule has 0 aromatic rings. The summed E-state index contributed by atoms with van der Waals surface area (Å²) >= 11 is 0. The molecule has 1 atom stereocenters. The van der Waals surface area contributed by atoms with Crippen molar-refractivity contribution in [3.05, 3.63) is 0 Å². The minimum absolute atomic E-state index is 0.148. The van der Waals surface area contributed by atoms with Gasteiger partial charge in [-0.05, 0) is 18.9 Å². The monoisotopic (exact) mass is 201 g/mol. The number of hydrogen-bond donors (Lipinski definition) is 2. The highest BCUT2D eigenvalue weighted by molar-refractivity contribution is 4.60. The summed E-state index contributed by atoms with van der Waals surface area (Å²) in [4.78, 5) is 0. The minimum Gasteiger partial charge on any atom is -0.392 e. The van der Waals surface area contributed by atoms with Crippen LogP contribution in [-0.2, 0) is 0 Å². The van der Waals surface area contributed by atoms with E-state index in [1.54, 1.807) is 0 Å². The molecule has 86 valence electrons. The molecule has 0 saturated heterocycles. The highest BCUT2D eigenvalue weighted by atomic mass is 16.3. The van der Waals surface area contributed by atoms with Gasteiger partial charge in [-0.2, -0.15) is 0 Å². The zero-order valence-electron chi connectivity index (χ0n) is 10.1. The Bertz CT molecular complexity index is 115. The zero-order chi connectivity index (χ0) is 10.8. The van der Waals surface area contributed by atoms with E-state index in [4.69, 9.17) is 0 Å². The third-order valence-corrected chi connectivity index (χ3v) is 2.32. The average molecular weight is 201 g/mol. The summed E-state index contributed by atoms with van der Waals surface area (Å²) in [6.45, 7) is 8.33. The lowest BCUT2D eigenvalue weighted by molar-refractivity contribution is 0.157. The molecule has 0 aromatic heterocycles. The molecule has 0 radical (unpaired) electrons. The van der Waals surface area contributed by atoms with E-state index in [0.717, 1.165) is 19.5 Å². The van der Waals surface area contributed by atoms with Crippen LogP contribution in [0, 0.1) is 5.92 Å². The van der Waals surface area contributed by atoms with Crippen molar-refractivity contribution in [1.29, 1.82) is 0 Å². The molecule has 0 aliphatic rings. The fraction of sp³-hybridized carbons (Fsp3) is 1.00. The number of rotatable bonds is 9. The fourth-order valence-corrected chi connectivity index (χ4v) is 1.45. The van der Waals surface area contributed by atoms with Crippen molar-refractivity contribution >= 4 is 0 Å². The average Bonchev–Trinajstić information content (AvgIpc) is 2.12. The van der Waals surface area contributed by atoms with Crippen LogP contribution in [0.4, 0.5) is 0 Å². The summed E-state index contributed by atoms with van der Waals surface area (Å²) in [6.07, 6.45) is 5.79. The van der Waals surface area contributed by atoms with Crippen molar-refractivity contribution in [2.75, 3.05) is 13.1 Å². The third-order valence-electron chi connectivity index (χ3n) is 2.32. The van der Waals surface area contributed by atoms with Gasteiger partial charge in [0.15, 0.2) is 0 Å². The molecule has 0 rings (SSSR count). The first kappa shape index (κ1) is 13.9. The summed E-state index contributed by atoms with van der Waals surface area (Å²) in [6, 6.07) is 0. The molecule has 1 unspecified atom stereocenters. The van der Waals surface area contributed by atoms with E-state index in [1.807, 2.05) is 0 Å². The smallest absolute Gasteiger partial charge is 0.0664 e. The van der Waals surface area contributed by atoms with Crippen molar-refractivity contribution in [3.8, 4) is 0 Å². The van der Waals surface area contributed by atoms with Crippen molar-refractivity contribution in [2.45, 2.75) is 59.0 Å². The first-order valence-corrected chi connectivity index (χ1v) is 6.05. The summed E-state index contributed by atoms with van der Waals surface area (Å²) in [5.41, 5.74) is 0. The largest absolute Gasteiger partial charge is 0.392 e. The van der Waals surface area contributed by atoms with Crippen molar-refractivity contribution in [3.63, 3.8) is 0 Å². The van der Waals surface area contributed by atoms with E-state index >= 15 is 0 Å². The van der Waals surface area contributed by atoms with Gasteiger partial charge in [0, 0.05) is 6.54 Å². The topological polar surface area (TPSA) is 32.3 Å². The van der Waals surface area contributed by atoms with Gasteiger partial charge in [0.25, 0.3) is 0 Å². The normalized spacial score (nSPS) is 13.5.